The van der Waals surface area contributed by atoms with Gasteiger partial charge in [0, 0.05) is 8.95 Å². The van der Waals surface area contributed by atoms with Crippen LogP contribution in [0.3, 0.4) is 0 Å². The minimum absolute atomic E-state index is 0.187. The molecular formula is C18H18ClIO. The van der Waals surface area contributed by atoms with Crippen LogP contribution in [0, 0.1) is 0 Å². The predicted molar refractivity (Wildman–Crippen MR) is 96.3 cm³/mol. The normalized spacial score (nSPS) is 25.7. The van der Waals surface area contributed by atoms with Gasteiger partial charge in [0.1, 0.15) is 0 Å². The van der Waals surface area contributed by atoms with E-state index in [0.717, 1.165) is 24.3 Å². The minimum atomic E-state index is 0.187. The van der Waals surface area contributed by atoms with E-state index in [1.807, 2.05) is 12.1 Å². The maximum atomic E-state index is 6.34. The molecule has 1 heterocycles. The third kappa shape index (κ3) is 4.21. The summed E-state index contributed by atoms with van der Waals surface area (Å²) in [6, 6.07) is 18.7. The SMILES string of the molecule is Clc1ccc([C@H]2C[C@H](I)C[C@@H](Cc3ccccc3)O2)cc1. The number of ether oxygens (including phenoxy) is 1. The molecule has 3 atom stereocenters. The zero-order valence-electron chi connectivity index (χ0n) is 11.7. The van der Waals surface area contributed by atoms with E-state index in [2.05, 4.69) is 65.1 Å². The largest absolute Gasteiger partial charge is 0.370 e. The summed E-state index contributed by atoms with van der Waals surface area (Å²) in [6.45, 7) is 0. The van der Waals surface area contributed by atoms with Crippen molar-refractivity contribution >= 4 is 34.2 Å². The molecule has 0 bridgehead atoms. The lowest BCUT2D eigenvalue weighted by molar-refractivity contribution is -0.0461. The first-order valence-corrected chi connectivity index (χ1v) is 8.92. The van der Waals surface area contributed by atoms with Crippen molar-refractivity contribution < 1.29 is 4.74 Å². The van der Waals surface area contributed by atoms with E-state index in [-0.39, 0.29) is 6.10 Å². The van der Waals surface area contributed by atoms with Crippen molar-refractivity contribution in [2.75, 3.05) is 0 Å². The minimum Gasteiger partial charge on any atom is -0.370 e. The second-order valence-corrected chi connectivity index (χ2v) is 7.75. The molecule has 0 spiro atoms. The summed E-state index contributed by atoms with van der Waals surface area (Å²) in [5, 5.41) is 0.779. The molecule has 1 saturated heterocycles. The average Bonchev–Trinajstić information content (AvgIpc) is 2.48. The molecule has 21 heavy (non-hydrogen) atoms. The van der Waals surface area contributed by atoms with Gasteiger partial charge in [0.2, 0.25) is 0 Å². The summed E-state index contributed by atoms with van der Waals surface area (Å²) in [7, 11) is 0. The second-order valence-electron chi connectivity index (χ2n) is 5.56. The van der Waals surface area contributed by atoms with E-state index >= 15 is 0 Å². The summed E-state index contributed by atoms with van der Waals surface area (Å²) < 4.78 is 7.00. The highest BCUT2D eigenvalue weighted by molar-refractivity contribution is 14.1. The first kappa shape index (κ1) is 15.3. The van der Waals surface area contributed by atoms with Crippen molar-refractivity contribution in [3.8, 4) is 0 Å². The number of rotatable bonds is 3. The highest BCUT2D eigenvalue weighted by atomic mass is 127. The number of halogens is 2. The molecule has 0 aliphatic carbocycles. The number of hydrogen-bond acceptors (Lipinski definition) is 1. The Kier molecular flexibility index (Phi) is 5.19. The third-order valence-electron chi connectivity index (χ3n) is 3.89. The van der Waals surface area contributed by atoms with E-state index < -0.39 is 0 Å². The zero-order chi connectivity index (χ0) is 14.7. The smallest absolute Gasteiger partial charge is 0.0838 e. The van der Waals surface area contributed by atoms with Crippen molar-refractivity contribution in [1.29, 1.82) is 0 Å². The van der Waals surface area contributed by atoms with Gasteiger partial charge in [-0.1, -0.05) is 76.7 Å². The van der Waals surface area contributed by atoms with Crippen LogP contribution in [0.2, 0.25) is 5.02 Å². The van der Waals surface area contributed by atoms with Crippen LogP contribution in [0.25, 0.3) is 0 Å². The summed E-state index contributed by atoms with van der Waals surface area (Å²) in [5.41, 5.74) is 2.58. The zero-order valence-corrected chi connectivity index (χ0v) is 14.6. The van der Waals surface area contributed by atoms with Crippen LogP contribution in [0.4, 0.5) is 0 Å². The fourth-order valence-electron chi connectivity index (χ4n) is 2.86. The molecule has 0 amide bonds. The van der Waals surface area contributed by atoms with Gasteiger partial charge in [-0.15, -0.1) is 0 Å². The molecule has 2 aromatic carbocycles. The van der Waals surface area contributed by atoms with E-state index in [9.17, 15) is 0 Å². The molecule has 0 unspecified atom stereocenters. The highest BCUT2D eigenvalue weighted by Gasteiger charge is 2.29. The van der Waals surface area contributed by atoms with Crippen LogP contribution in [0.15, 0.2) is 54.6 Å². The Balaban J connectivity index is 1.71. The maximum absolute atomic E-state index is 6.34. The lowest BCUT2D eigenvalue weighted by Crippen LogP contribution is -2.30. The Labute approximate surface area is 144 Å². The Bertz CT molecular complexity index is 570. The topological polar surface area (TPSA) is 9.23 Å². The van der Waals surface area contributed by atoms with Crippen LogP contribution in [0.1, 0.15) is 30.1 Å². The van der Waals surface area contributed by atoms with Gasteiger partial charge in [-0.05, 0) is 42.5 Å². The highest BCUT2D eigenvalue weighted by Crippen LogP contribution is 2.36. The number of alkyl halides is 1. The van der Waals surface area contributed by atoms with Gasteiger partial charge in [-0.2, -0.15) is 0 Å². The van der Waals surface area contributed by atoms with Crippen molar-refractivity contribution in [3.63, 3.8) is 0 Å². The quantitative estimate of drug-likeness (QED) is 0.470. The van der Waals surface area contributed by atoms with Gasteiger partial charge in [0.25, 0.3) is 0 Å². The van der Waals surface area contributed by atoms with E-state index in [1.54, 1.807) is 0 Å². The molecule has 110 valence electrons. The predicted octanol–water partition coefficient (Wildman–Crippen LogP) is 5.61. The summed E-state index contributed by atoms with van der Waals surface area (Å²) >= 11 is 8.53. The lowest BCUT2D eigenvalue weighted by atomic mass is 9.95. The van der Waals surface area contributed by atoms with E-state index in [1.165, 1.54) is 11.1 Å². The molecule has 1 nitrogen and oxygen atoms in total. The molecule has 2 aromatic rings. The number of hydrogen-bond donors (Lipinski definition) is 0. The van der Waals surface area contributed by atoms with Crippen molar-refractivity contribution in [2.45, 2.75) is 35.4 Å². The van der Waals surface area contributed by atoms with Gasteiger partial charge in [-0.25, -0.2) is 0 Å². The maximum Gasteiger partial charge on any atom is 0.0838 e. The van der Waals surface area contributed by atoms with Crippen LogP contribution >= 0.6 is 34.2 Å². The molecule has 1 aliphatic heterocycles. The van der Waals surface area contributed by atoms with E-state index in [0.29, 0.717) is 10.0 Å². The van der Waals surface area contributed by atoms with Gasteiger partial charge in [0.15, 0.2) is 0 Å². The molecular weight excluding hydrogens is 395 g/mol. The Morgan fingerprint density at radius 3 is 2.43 bits per heavy atom. The first-order valence-electron chi connectivity index (χ1n) is 7.29. The second kappa shape index (κ2) is 7.12. The molecule has 0 aromatic heterocycles. The fraction of sp³-hybridized carbons (Fsp3) is 0.333. The molecule has 1 aliphatic rings. The molecule has 0 N–H and O–H groups in total. The van der Waals surface area contributed by atoms with Crippen molar-refractivity contribution in [1.82, 2.24) is 0 Å². The third-order valence-corrected chi connectivity index (χ3v) is 5.16. The summed E-state index contributed by atoms with van der Waals surface area (Å²) in [4.78, 5) is 0. The lowest BCUT2D eigenvalue weighted by Gasteiger charge is -2.33. The number of benzene rings is 2. The Hall–Kier alpha value is -0.580. The van der Waals surface area contributed by atoms with E-state index in [4.69, 9.17) is 16.3 Å². The molecule has 0 saturated carbocycles. The van der Waals surface area contributed by atoms with Crippen LogP contribution in [-0.4, -0.2) is 10.0 Å². The monoisotopic (exact) mass is 412 g/mol. The standard InChI is InChI=1S/C18H18ClIO/c19-15-8-6-14(7-9-15)18-12-16(20)11-17(21-18)10-13-4-2-1-3-5-13/h1-9,16-18H,10-12H2/t16-,17-,18-/m1/s1. The molecule has 0 radical (unpaired) electrons. The van der Waals surface area contributed by atoms with Crippen molar-refractivity contribution in [2.24, 2.45) is 0 Å². The average molecular weight is 413 g/mol. The van der Waals surface area contributed by atoms with Gasteiger partial charge in [-0.3, -0.25) is 0 Å². The van der Waals surface area contributed by atoms with Crippen LogP contribution in [0.5, 0.6) is 0 Å². The molecule has 3 heteroatoms. The Morgan fingerprint density at radius 2 is 1.71 bits per heavy atom. The van der Waals surface area contributed by atoms with Gasteiger partial charge in [0.05, 0.1) is 12.2 Å². The van der Waals surface area contributed by atoms with Gasteiger partial charge < -0.3 is 4.74 Å². The van der Waals surface area contributed by atoms with Crippen LogP contribution in [-0.2, 0) is 11.2 Å². The van der Waals surface area contributed by atoms with Gasteiger partial charge >= 0.3 is 0 Å². The molecule has 3 rings (SSSR count). The summed E-state index contributed by atoms with van der Waals surface area (Å²) in [5.74, 6) is 0. The fourth-order valence-corrected chi connectivity index (χ4v) is 4.01. The van der Waals surface area contributed by atoms with Crippen LogP contribution < -0.4 is 0 Å². The first-order chi connectivity index (χ1) is 10.2. The summed E-state index contributed by atoms with van der Waals surface area (Å²) in [6.07, 6.45) is 3.67. The van der Waals surface area contributed by atoms with Crippen molar-refractivity contribution in [3.05, 3.63) is 70.7 Å². The molecule has 1 fully saturated rings. The Morgan fingerprint density at radius 1 is 1.00 bits per heavy atom.